The predicted octanol–water partition coefficient (Wildman–Crippen LogP) is 0.771. The number of nitrogen functional groups attached to an aromatic ring is 1. The molecule has 0 unspecified atom stereocenters. The average molecular weight is 292 g/mol. The van der Waals surface area contributed by atoms with Gasteiger partial charge in [0, 0.05) is 7.11 Å². The quantitative estimate of drug-likeness (QED) is 0.637. The lowest BCUT2D eigenvalue weighted by molar-refractivity contribution is 0.0176. The summed E-state index contributed by atoms with van der Waals surface area (Å²) in [4.78, 5) is 7.60. The van der Waals surface area contributed by atoms with Gasteiger partial charge < -0.3 is 24.7 Å². The van der Waals surface area contributed by atoms with Crippen LogP contribution in [0.4, 0.5) is 5.82 Å². The number of rotatable bonds is 10. The van der Waals surface area contributed by atoms with Gasteiger partial charge in [0.2, 0.25) is 5.88 Å². The van der Waals surface area contributed by atoms with Gasteiger partial charge in [-0.15, -0.1) is 0 Å². The number of nitrogens with two attached hydrogens (primary N) is 1. The molecule has 19 heavy (non-hydrogen) atoms. The minimum Gasteiger partial charge on any atom is -0.474 e. The van der Waals surface area contributed by atoms with Crippen LogP contribution in [0.5, 0.6) is 5.88 Å². The van der Waals surface area contributed by atoms with Crippen molar-refractivity contribution < 1.29 is 18.9 Å². The molecule has 0 aliphatic carbocycles. The zero-order valence-corrected chi connectivity index (χ0v) is 11.6. The van der Waals surface area contributed by atoms with Gasteiger partial charge in [0.25, 0.3) is 0 Å². The van der Waals surface area contributed by atoms with Crippen LogP contribution >= 0.6 is 11.6 Å². The van der Waals surface area contributed by atoms with Gasteiger partial charge in [-0.1, -0.05) is 11.6 Å². The molecule has 0 bridgehead atoms. The summed E-state index contributed by atoms with van der Waals surface area (Å²) < 4.78 is 20.7. The van der Waals surface area contributed by atoms with Crippen LogP contribution in [0, 0.1) is 0 Å². The molecule has 0 fully saturated rings. The summed E-state index contributed by atoms with van der Waals surface area (Å²) in [7, 11) is 1.63. The van der Waals surface area contributed by atoms with Gasteiger partial charge in [-0.05, 0) is 0 Å². The highest BCUT2D eigenvalue weighted by Gasteiger charge is 2.06. The molecule has 2 N–H and O–H groups in total. The highest BCUT2D eigenvalue weighted by Crippen LogP contribution is 2.24. The zero-order chi connectivity index (χ0) is 13.9. The van der Waals surface area contributed by atoms with Crippen LogP contribution in [-0.2, 0) is 14.2 Å². The molecule has 1 aromatic heterocycles. The molecule has 7 nitrogen and oxygen atoms in total. The fourth-order valence-corrected chi connectivity index (χ4v) is 1.28. The third-order valence-electron chi connectivity index (χ3n) is 2.05. The Morgan fingerprint density at radius 2 is 1.68 bits per heavy atom. The Balaban J connectivity index is 2.03. The summed E-state index contributed by atoms with van der Waals surface area (Å²) in [6.07, 6.45) is 1.29. The van der Waals surface area contributed by atoms with Gasteiger partial charge in [0.05, 0.1) is 33.0 Å². The van der Waals surface area contributed by atoms with Crippen LogP contribution in [0.25, 0.3) is 0 Å². The number of methoxy groups -OCH3 is 1. The number of nitrogens with zero attached hydrogens (tertiary/aromatic N) is 2. The Hall–Kier alpha value is -1.15. The molecule has 0 aliphatic heterocycles. The van der Waals surface area contributed by atoms with Gasteiger partial charge in [-0.2, -0.15) is 0 Å². The molecular formula is C11H18ClN3O4. The van der Waals surface area contributed by atoms with Crippen LogP contribution in [-0.4, -0.2) is 56.7 Å². The van der Waals surface area contributed by atoms with E-state index in [0.717, 1.165) is 0 Å². The normalized spacial score (nSPS) is 10.6. The summed E-state index contributed by atoms with van der Waals surface area (Å²) in [6, 6.07) is 0. The number of halogens is 1. The predicted molar refractivity (Wildman–Crippen MR) is 70.5 cm³/mol. The molecule has 0 amide bonds. The molecular weight excluding hydrogens is 274 g/mol. The van der Waals surface area contributed by atoms with Gasteiger partial charge in [-0.3, -0.25) is 0 Å². The Morgan fingerprint density at radius 1 is 1.05 bits per heavy atom. The van der Waals surface area contributed by atoms with E-state index in [1.165, 1.54) is 6.33 Å². The van der Waals surface area contributed by atoms with Crippen molar-refractivity contribution in [3.8, 4) is 5.88 Å². The van der Waals surface area contributed by atoms with Crippen molar-refractivity contribution >= 4 is 17.4 Å². The lowest BCUT2D eigenvalue weighted by Crippen LogP contribution is -2.13. The molecule has 1 heterocycles. The molecule has 108 valence electrons. The monoisotopic (exact) mass is 291 g/mol. The summed E-state index contributed by atoms with van der Waals surface area (Å²) in [5, 5.41) is 0.213. The van der Waals surface area contributed by atoms with Crippen molar-refractivity contribution in [1.82, 2.24) is 9.97 Å². The number of ether oxygens (including phenoxy) is 4. The molecule has 0 radical (unpaired) electrons. The average Bonchev–Trinajstić information content (AvgIpc) is 2.41. The van der Waals surface area contributed by atoms with E-state index in [1.54, 1.807) is 7.11 Å². The molecule has 1 aromatic rings. The number of anilines is 1. The van der Waals surface area contributed by atoms with E-state index in [-0.39, 0.29) is 16.7 Å². The lowest BCUT2D eigenvalue weighted by Gasteiger charge is -2.08. The molecule has 0 atom stereocenters. The third kappa shape index (κ3) is 6.53. The summed E-state index contributed by atoms with van der Waals surface area (Å²) in [6.45, 7) is 2.89. The molecule has 0 aromatic carbocycles. The first-order valence-electron chi connectivity index (χ1n) is 5.79. The highest BCUT2D eigenvalue weighted by atomic mass is 35.5. The number of hydrogen-bond donors (Lipinski definition) is 1. The SMILES string of the molecule is COCCOCCOCCOc1ncnc(N)c1Cl. The summed E-state index contributed by atoms with van der Waals surface area (Å²) in [5.41, 5.74) is 5.51. The van der Waals surface area contributed by atoms with E-state index in [4.69, 9.17) is 36.3 Å². The maximum absolute atomic E-state index is 5.86. The molecule has 0 saturated heterocycles. The van der Waals surface area contributed by atoms with Crippen molar-refractivity contribution in [3.05, 3.63) is 11.3 Å². The second kappa shape index (κ2) is 9.74. The third-order valence-corrected chi connectivity index (χ3v) is 2.41. The lowest BCUT2D eigenvalue weighted by atomic mass is 10.5. The molecule has 1 rings (SSSR count). The zero-order valence-electron chi connectivity index (χ0n) is 10.8. The topological polar surface area (TPSA) is 88.7 Å². The fraction of sp³-hybridized carbons (Fsp3) is 0.636. The molecule has 0 aliphatic rings. The van der Waals surface area contributed by atoms with Crippen LogP contribution in [0.2, 0.25) is 5.02 Å². The van der Waals surface area contributed by atoms with Gasteiger partial charge in [0.15, 0.2) is 0 Å². The maximum Gasteiger partial charge on any atom is 0.238 e. The first-order chi connectivity index (χ1) is 9.25. The minimum absolute atomic E-state index is 0.194. The van der Waals surface area contributed by atoms with Crippen LogP contribution in [0.15, 0.2) is 6.33 Å². The smallest absolute Gasteiger partial charge is 0.238 e. The largest absolute Gasteiger partial charge is 0.474 e. The Morgan fingerprint density at radius 3 is 2.37 bits per heavy atom. The van der Waals surface area contributed by atoms with Gasteiger partial charge >= 0.3 is 0 Å². The van der Waals surface area contributed by atoms with E-state index < -0.39 is 0 Å². The van der Waals surface area contributed by atoms with Crippen LogP contribution in [0.3, 0.4) is 0 Å². The minimum atomic E-state index is 0.194. The Labute approximate surface area is 117 Å². The second-order valence-corrected chi connectivity index (χ2v) is 3.82. The van der Waals surface area contributed by atoms with E-state index in [2.05, 4.69) is 9.97 Å². The summed E-state index contributed by atoms with van der Waals surface area (Å²) in [5.74, 6) is 0.452. The van der Waals surface area contributed by atoms with Crippen molar-refractivity contribution in [2.45, 2.75) is 0 Å². The van der Waals surface area contributed by atoms with Crippen molar-refractivity contribution in [2.75, 3.05) is 52.5 Å². The summed E-state index contributed by atoms with van der Waals surface area (Å²) >= 11 is 5.86. The maximum atomic E-state index is 5.86. The Bertz CT molecular complexity index is 368. The van der Waals surface area contributed by atoms with E-state index >= 15 is 0 Å². The van der Waals surface area contributed by atoms with Gasteiger partial charge in [-0.25, -0.2) is 9.97 Å². The number of aromatic nitrogens is 2. The number of hydrogen-bond acceptors (Lipinski definition) is 7. The van der Waals surface area contributed by atoms with Crippen molar-refractivity contribution in [1.29, 1.82) is 0 Å². The molecule has 8 heteroatoms. The highest BCUT2D eigenvalue weighted by molar-refractivity contribution is 6.33. The van der Waals surface area contributed by atoms with E-state index in [1.807, 2.05) is 0 Å². The van der Waals surface area contributed by atoms with Crippen LogP contribution in [0.1, 0.15) is 0 Å². The molecule has 0 saturated carbocycles. The van der Waals surface area contributed by atoms with Gasteiger partial charge in [0.1, 0.15) is 23.8 Å². The van der Waals surface area contributed by atoms with Crippen LogP contribution < -0.4 is 10.5 Å². The first-order valence-corrected chi connectivity index (χ1v) is 6.16. The standard InChI is InChI=1S/C11H18ClN3O4/c1-16-2-3-17-4-5-18-6-7-19-11-9(12)10(13)14-8-15-11/h8H,2-7H2,1H3,(H2,13,14,15). The molecule has 0 spiro atoms. The first kappa shape index (κ1) is 15.9. The van der Waals surface area contributed by atoms with E-state index in [9.17, 15) is 0 Å². The van der Waals surface area contributed by atoms with Crippen molar-refractivity contribution in [3.63, 3.8) is 0 Å². The Kier molecular flexibility index (Phi) is 8.15. The van der Waals surface area contributed by atoms with Crippen molar-refractivity contribution in [2.24, 2.45) is 0 Å². The van der Waals surface area contributed by atoms with E-state index in [0.29, 0.717) is 39.6 Å². The second-order valence-electron chi connectivity index (χ2n) is 3.44. The fourth-order valence-electron chi connectivity index (χ4n) is 1.13.